The molecule has 0 bridgehead atoms. The van der Waals surface area contributed by atoms with Crippen molar-refractivity contribution in [2.75, 3.05) is 18.2 Å². The third-order valence-corrected chi connectivity index (χ3v) is 4.51. The van der Waals surface area contributed by atoms with Crippen molar-refractivity contribution in [3.05, 3.63) is 66.2 Å². The van der Waals surface area contributed by atoms with Crippen LogP contribution < -0.4 is 10.00 Å². The Kier molecular flexibility index (Phi) is 5.82. The molecule has 138 valence electrons. The fourth-order valence-corrected chi connectivity index (χ4v) is 3.06. The Balaban J connectivity index is 1.65. The van der Waals surface area contributed by atoms with Gasteiger partial charge in [-0.25, -0.2) is 9.18 Å². The number of aromatic amines is 1. The number of hydrogen-bond acceptors (Lipinski definition) is 5. The summed E-state index contributed by atoms with van der Waals surface area (Å²) in [5, 5.41) is 6.23. The topological polar surface area (TPSA) is 88.0 Å². The number of nitrogens with zero attached hydrogens (tertiary/aromatic N) is 2. The molecule has 0 aliphatic heterocycles. The minimum atomic E-state index is -0.807. The van der Waals surface area contributed by atoms with Crippen LogP contribution in [0.2, 0.25) is 0 Å². The lowest BCUT2D eigenvalue weighted by atomic mass is 10.2. The summed E-state index contributed by atoms with van der Waals surface area (Å²) in [6.07, 6.45) is 1.54. The van der Waals surface area contributed by atoms with Crippen LogP contribution >= 0.6 is 11.8 Å². The molecule has 7 nitrogen and oxygen atoms in total. The zero-order valence-corrected chi connectivity index (χ0v) is 15.1. The number of nitrogens with one attached hydrogen (secondary N) is 2. The molecule has 0 saturated heterocycles. The van der Waals surface area contributed by atoms with E-state index in [1.165, 1.54) is 30.2 Å². The van der Waals surface area contributed by atoms with Crippen LogP contribution in [-0.4, -0.2) is 34.8 Å². The Morgan fingerprint density at radius 2 is 2.04 bits per heavy atom. The fraction of sp³-hybridized carbons (Fsp3) is 0.111. The summed E-state index contributed by atoms with van der Waals surface area (Å²) in [5.41, 5.74) is 0.955. The van der Waals surface area contributed by atoms with Crippen molar-refractivity contribution in [1.29, 1.82) is 0 Å². The summed E-state index contributed by atoms with van der Waals surface area (Å²) in [6, 6.07) is 13.3. The molecule has 0 fully saturated rings. The number of carbonyl (C=O) groups is 2. The highest BCUT2D eigenvalue weighted by Crippen LogP contribution is 2.17. The molecule has 1 aromatic heterocycles. The van der Waals surface area contributed by atoms with E-state index in [2.05, 4.69) is 20.1 Å². The van der Waals surface area contributed by atoms with Crippen LogP contribution in [0.1, 0.15) is 10.4 Å². The van der Waals surface area contributed by atoms with E-state index in [-0.39, 0.29) is 17.2 Å². The van der Waals surface area contributed by atoms with Gasteiger partial charge in [0, 0.05) is 5.69 Å². The molecule has 1 heterocycles. The number of H-pyrrole nitrogens is 1. The van der Waals surface area contributed by atoms with Crippen LogP contribution in [0.25, 0.3) is 5.69 Å². The van der Waals surface area contributed by atoms with Crippen LogP contribution in [0.15, 0.2) is 60.0 Å². The minimum Gasteiger partial charge on any atom is -0.465 e. The number of ether oxygens (including phenoxy) is 1. The summed E-state index contributed by atoms with van der Waals surface area (Å²) in [4.78, 5) is 27.9. The van der Waals surface area contributed by atoms with Gasteiger partial charge in [0.15, 0.2) is 5.69 Å². The van der Waals surface area contributed by atoms with Gasteiger partial charge in [0.1, 0.15) is 5.82 Å². The van der Waals surface area contributed by atoms with Crippen LogP contribution in [0.5, 0.6) is 0 Å². The molecule has 2 aromatic carbocycles. The summed E-state index contributed by atoms with van der Waals surface area (Å²) in [6.45, 7) is 0. The monoisotopic (exact) mass is 387 g/mol. The molecule has 0 aliphatic carbocycles. The number of rotatable bonds is 6. The van der Waals surface area contributed by atoms with Crippen molar-refractivity contribution in [3.63, 3.8) is 0 Å². The SMILES string of the molecule is COC(=O)c1cc(NC(=O)CSc2nc[nH][n+]2-c2ccccc2)ccc1F. The minimum absolute atomic E-state index is 0.0859. The lowest BCUT2D eigenvalue weighted by Gasteiger charge is -2.07. The van der Waals surface area contributed by atoms with E-state index < -0.39 is 11.8 Å². The smallest absolute Gasteiger partial charge is 0.385 e. The third kappa shape index (κ3) is 4.50. The van der Waals surface area contributed by atoms with Crippen molar-refractivity contribution in [1.82, 2.24) is 10.1 Å². The molecule has 3 aromatic rings. The average molecular weight is 387 g/mol. The highest BCUT2D eigenvalue weighted by Gasteiger charge is 2.19. The van der Waals surface area contributed by atoms with E-state index in [9.17, 15) is 14.0 Å². The van der Waals surface area contributed by atoms with E-state index >= 15 is 0 Å². The first-order valence-electron chi connectivity index (χ1n) is 7.90. The largest absolute Gasteiger partial charge is 0.465 e. The van der Waals surface area contributed by atoms with Gasteiger partial charge in [-0.05, 0) is 47.1 Å². The molecule has 3 rings (SSSR count). The number of methoxy groups -OCH3 is 1. The number of esters is 1. The Bertz CT molecular complexity index is 962. The second kappa shape index (κ2) is 8.45. The number of para-hydroxylation sites is 1. The van der Waals surface area contributed by atoms with Crippen molar-refractivity contribution >= 4 is 29.3 Å². The quantitative estimate of drug-likeness (QED) is 0.385. The molecular weight excluding hydrogens is 371 g/mol. The Hall–Kier alpha value is -3.20. The van der Waals surface area contributed by atoms with Gasteiger partial charge < -0.3 is 10.1 Å². The van der Waals surface area contributed by atoms with Gasteiger partial charge in [0.05, 0.1) is 18.4 Å². The number of halogens is 1. The summed E-state index contributed by atoms with van der Waals surface area (Å²) < 4.78 is 19.9. The Labute approximate surface area is 158 Å². The molecular formula is C18H16FN4O3S+. The van der Waals surface area contributed by atoms with Gasteiger partial charge in [-0.15, -0.1) is 4.68 Å². The average Bonchev–Trinajstić information content (AvgIpc) is 3.16. The molecule has 9 heteroatoms. The summed E-state index contributed by atoms with van der Waals surface area (Å²) >= 11 is 1.24. The zero-order valence-electron chi connectivity index (χ0n) is 14.3. The van der Waals surface area contributed by atoms with E-state index in [0.717, 1.165) is 18.9 Å². The molecule has 0 radical (unpaired) electrons. The molecule has 0 atom stereocenters. The number of thioether (sulfide) groups is 1. The first kappa shape index (κ1) is 18.6. The van der Waals surface area contributed by atoms with Crippen LogP contribution in [0.3, 0.4) is 0 Å². The maximum absolute atomic E-state index is 13.7. The van der Waals surface area contributed by atoms with Crippen molar-refractivity contribution in [3.8, 4) is 5.69 Å². The van der Waals surface area contributed by atoms with Crippen molar-refractivity contribution in [2.45, 2.75) is 5.16 Å². The highest BCUT2D eigenvalue weighted by molar-refractivity contribution is 7.99. The number of aromatic nitrogens is 3. The maximum Gasteiger partial charge on any atom is 0.385 e. The van der Waals surface area contributed by atoms with E-state index in [0.29, 0.717) is 10.8 Å². The standard InChI is InChI=1S/C18H15FN4O3S/c1-26-17(25)14-9-12(7-8-15(14)19)22-16(24)10-27-18-20-11-21-23(18)13-5-3-2-4-6-13/h2-9,11H,10H2,1H3,(H,22,24)/p+1. The maximum atomic E-state index is 13.7. The molecule has 0 spiro atoms. The lowest BCUT2D eigenvalue weighted by Crippen LogP contribution is -2.35. The number of benzene rings is 2. The molecule has 0 saturated carbocycles. The van der Waals surface area contributed by atoms with Crippen LogP contribution in [-0.2, 0) is 9.53 Å². The zero-order chi connectivity index (χ0) is 19.2. The van der Waals surface area contributed by atoms with Gasteiger partial charge >= 0.3 is 11.1 Å². The number of hydrogen-bond donors (Lipinski definition) is 2. The predicted octanol–water partition coefficient (Wildman–Crippen LogP) is 2.34. The fourth-order valence-electron chi connectivity index (χ4n) is 2.32. The third-order valence-electron chi connectivity index (χ3n) is 3.56. The van der Waals surface area contributed by atoms with E-state index in [4.69, 9.17) is 0 Å². The van der Waals surface area contributed by atoms with Crippen LogP contribution in [0.4, 0.5) is 10.1 Å². The molecule has 0 unspecified atom stereocenters. The number of amides is 1. The van der Waals surface area contributed by atoms with Crippen LogP contribution in [0, 0.1) is 5.82 Å². The molecule has 2 N–H and O–H groups in total. The second-order valence-electron chi connectivity index (χ2n) is 5.36. The second-order valence-corrected chi connectivity index (χ2v) is 6.31. The van der Waals surface area contributed by atoms with Gasteiger partial charge in [0.2, 0.25) is 12.2 Å². The first-order chi connectivity index (χ1) is 13.1. The van der Waals surface area contributed by atoms with E-state index in [1.54, 1.807) is 4.68 Å². The molecule has 1 amide bonds. The number of carbonyl (C=O) groups excluding carboxylic acids is 2. The highest BCUT2D eigenvalue weighted by atomic mass is 32.2. The molecule has 0 aliphatic rings. The Morgan fingerprint density at radius 3 is 2.78 bits per heavy atom. The first-order valence-corrected chi connectivity index (χ1v) is 8.88. The van der Waals surface area contributed by atoms with Crippen molar-refractivity contribution < 1.29 is 23.4 Å². The number of anilines is 1. The molecule has 27 heavy (non-hydrogen) atoms. The van der Waals surface area contributed by atoms with Gasteiger partial charge in [-0.3, -0.25) is 4.79 Å². The van der Waals surface area contributed by atoms with Gasteiger partial charge in [-0.1, -0.05) is 18.2 Å². The predicted molar refractivity (Wildman–Crippen MR) is 97.2 cm³/mol. The van der Waals surface area contributed by atoms with Gasteiger partial charge in [-0.2, -0.15) is 5.10 Å². The van der Waals surface area contributed by atoms with E-state index in [1.807, 2.05) is 30.3 Å². The summed E-state index contributed by atoms with van der Waals surface area (Å²) in [7, 11) is 1.16. The normalized spacial score (nSPS) is 10.4. The lowest BCUT2D eigenvalue weighted by molar-refractivity contribution is -0.694. The van der Waals surface area contributed by atoms with Crippen molar-refractivity contribution in [2.24, 2.45) is 0 Å². The summed E-state index contributed by atoms with van der Waals surface area (Å²) in [5.74, 6) is -1.75. The Morgan fingerprint density at radius 1 is 1.26 bits per heavy atom. The van der Waals surface area contributed by atoms with Gasteiger partial charge in [0.25, 0.3) is 0 Å².